The summed E-state index contributed by atoms with van der Waals surface area (Å²) < 4.78 is 27.7. The van der Waals surface area contributed by atoms with Crippen LogP contribution in [0.5, 0.6) is 17.2 Å². The molecule has 1 aromatic carbocycles. The van der Waals surface area contributed by atoms with Gasteiger partial charge in [0.05, 0.1) is 7.11 Å². The smallest absolute Gasteiger partial charge is 0.329 e. The predicted octanol–water partition coefficient (Wildman–Crippen LogP) is 3.12. The molecule has 2 atom stereocenters. The molecule has 0 radical (unpaired) electrons. The second-order valence-electron chi connectivity index (χ2n) is 12.0. The van der Waals surface area contributed by atoms with Crippen molar-refractivity contribution in [1.82, 2.24) is 9.80 Å². The molecule has 2 fully saturated rings. The van der Waals surface area contributed by atoms with E-state index in [0.717, 1.165) is 0 Å². The van der Waals surface area contributed by atoms with Crippen molar-refractivity contribution in [2.75, 3.05) is 33.4 Å². The first-order chi connectivity index (χ1) is 18.7. The number of likely N-dealkylation sites (tertiary alicyclic amines) is 2. The normalized spacial score (nSPS) is 19.3. The number of nitrogens with zero attached hydrogens (tertiary/aromatic N) is 2. The number of rotatable bonds is 9. The van der Waals surface area contributed by atoms with Crippen LogP contribution in [0.2, 0.25) is 0 Å². The van der Waals surface area contributed by atoms with Gasteiger partial charge in [0, 0.05) is 31.3 Å². The molecule has 3 rings (SSSR count). The fraction of sp³-hybridized carbons (Fsp3) is 0.655. The Morgan fingerprint density at radius 1 is 0.700 bits per heavy atom. The largest absolute Gasteiger partial charge is 0.496 e. The Morgan fingerprint density at radius 2 is 1.07 bits per heavy atom. The Balaban J connectivity index is 1.59. The topological polar surface area (TPSA) is 121 Å². The molecule has 11 nitrogen and oxygen atoms in total. The first kappa shape index (κ1) is 31.0. The summed E-state index contributed by atoms with van der Waals surface area (Å²) in [5.74, 6) is -0.508. The number of carbonyl (C=O) groups is 4. The van der Waals surface area contributed by atoms with Crippen LogP contribution in [-0.2, 0) is 28.7 Å². The third kappa shape index (κ3) is 8.76. The average molecular weight is 563 g/mol. The zero-order valence-electron chi connectivity index (χ0n) is 24.6. The molecule has 40 heavy (non-hydrogen) atoms. The summed E-state index contributed by atoms with van der Waals surface area (Å²) in [4.78, 5) is 54.0. The van der Waals surface area contributed by atoms with E-state index in [1.54, 1.807) is 59.7 Å². The van der Waals surface area contributed by atoms with Crippen molar-refractivity contribution in [3.05, 3.63) is 18.2 Å². The van der Waals surface area contributed by atoms with E-state index in [0.29, 0.717) is 56.0 Å². The molecule has 2 heterocycles. The molecule has 0 aromatic heterocycles. The minimum Gasteiger partial charge on any atom is -0.496 e. The van der Waals surface area contributed by atoms with Gasteiger partial charge < -0.3 is 33.5 Å². The number of amides is 2. The summed E-state index contributed by atoms with van der Waals surface area (Å²) in [6.07, 6.45) is 2.48. The van der Waals surface area contributed by atoms with Crippen molar-refractivity contribution in [2.45, 2.75) is 90.5 Å². The second-order valence-corrected chi connectivity index (χ2v) is 12.0. The lowest BCUT2D eigenvalue weighted by atomic mass is 10.1. The molecule has 0 N–H and O–H groups in total. The lowest BCUT2D eigenvalue weighted by Crippen LogP contribution is -2.45. The maximum Gasteiger partial charge on any atom is 0.329 e. The second kappa shape index (κ2) is 12.8. The van der Waals surface area contributed by atoms with Gasteiger partial charge in [0.2, 0.25) is 0 Å². The summed E-state index contributed by atoms with van der Waals surface area (Å²) in [5.41, 5.74) is -1.29. The van der Waals surface area contributed by atoms with E-state index in [9.17, 15) is 19.2 Å². The summed E-state index contributed by atoms with van der Waals surface area (Å²) in [5, 5.41) is 0. The van der Waals surface area contributed by atoms with Gasteiger partial charge in [-0.25, -0.2) is 9.59 Å². The zero-order chi connectivity index (χ0) is 29.7. The van der Waals surface area contributed by atoms with Crippen LogP contribution in [0.1, 0.15) is 67.2 Å². The fourth-order valence-corrected chi connectivity index (χ4v) is 4.65. The number of hydrogen-bond acceptors (Lipinski definition) is 9. The van der Waals surface area contributed by atoms with E-state index in [1.165, 1.54) is 16.9 Å². The number of benzene rings is 1. The average Bonchev–Trinajstić information content (AvgIpc) is 3.54. The van der Waals surface area contributed by atoms with Crippen molar-refractivity contribution in [2.24, 2.45) is 0 Å². The summed E-state index contributed by atoms with van der Waals surface area (Å²) in [6.45, 7) is 11.0. The van der Waals surface area contributed by atoms with Gasteiger partial charge in [0.1, 0.15) is 40.5 Å². The van der Waals surface area contributed by atoms with Crippen molar-refractivity contribution >= 4 is 23.8 Å². The van der Waals surface area contributed by atoms with Crippen molar-refractivity contribution in [3.8, 4) is 17.2 Å². The highest BCUT2D eigenvalue weighted by atomic mass is 16.6. The van der Waals surface area contributed by atoms with E-state index in [1.807, 2.05) is 0 Å². The minimum absolute atomic E-state index is 0.295. The van der Waals surface area contributed by atoms with Gasteiger partial charge in [0.15, 0.2) is 13.2 Å². The minimum atomic E-state index is -0.644. The highest BCUT2D eigenvalue weighted by Gasteiger charge is 2.38. The first-order valence-corrected chi connectivity index (χ1v) is 13.7. The summed E-state index contributed by atoms with van der Waals surface area (Å²) in [7, 11) is 1.48. The molecular weight excluding hydrogens is 520 g/mol. The standard InChI is InChI=1S/C29H42N2O9/c1-28(2,3)39-26(34)22-10-8-12-30(22)24(32)17-37-20-14-19(36-7)15-21(16-20)38-18-25(33)31-13-9-11-23(31)27(35)40-29(4,5)6/h14-16,22-23H,8-13,17-18H2,1-7H3/t22-,23-/m1/s1. The van der Waals surface area contributed by atoms with Crippen LogP contribution in [-0.4, -0.2) is 90.3 Å². The van der Waals surface area contributed by atoms with Crippen LogP contribution in [0.3, 0.4) is 0 Å². The van der Waals surface area contributed by atoms with Crippen LogP contribution in [0.25, 0.3) is 0 Å². The van der Waals surface area contributed by atoms with Crippen LogP contribution in [0.4, 0.5) is 0 Å². The van der Waals surface area contributed by atoms with Gasteiger partial charge in [-0.3, -0.25) is 9.59 Å². The highest BCUT2D eigenvalue weighted by Crippen LogP contribution is 2.29. The molecule has 2 aliphatic rings. The molecule has 2 aliphatic heterocycles. The quantitative estimate of drug-likeness (QED) is 0.418. The Morgan fingerprint density at radius 3 is 1.43 bits per heavy atom. The molecule has 222 valence electrons. The van der Waals surface area contributed by atoms with Crippen LogP contribution in [0, 0.1) is 0 Å². The Labute approximate surface area is 236 Å². The van der Waals surface area contributed by atoms with Gasteiger partial charge in [-0.05, 0) is 67.2 Å². The van der Waals surface area contributed by atoms with E-state index < -0.39 is 35.2 Å². The summed E-state index contributed by atoms with van der Waals surface area (Å²) >= 11 is 0. The number of ether oxygens (including phenoxy) is 5. The molecule has 2 amide bonds. The van der Waals surface area contributed by atoms with Crippen LogP contribution in [0.15, 0.2) is 18.2 Å². The van der Waals surface area contributed by atoms with Crippen molar-refractivity contribution in [1.29, 1.82) is 0 Å². The lowest BCUT2D eigenvalue weighted by Gasteiger charge is -2.27. The molecular formula is C29H42N2O9. The van der Waals surface area contributed by atoms with Crippen LogP contribution >= 0.6 is 0 Å². The number of esters is 2. The molecule has 0 bridgehead atoms. The molecule has 0 spiro atoms. The third-order valence-electron chi connectivity index (χ3n) is 6.32. The van der Waals surface area contributed by atoms with Gasteiger partial charge >= 0.3 is 11.9 Å². The molecule has 1 aromatic rings. The number of methoxy groups -OCH3 is 1. The third-order valence-corrected chi connectivity index (χ3v) is 6.32. The lowest BCUT2D eigenvalue weighted by molar-refractivity contribution is -0.164. The van der Waals surface area contributed by atoms with Gasteiger partial charge in [0.25, 0.3) is 11.8 Å². The van der Waals surface area contributed by atoms with E-state index in [2.05, 4.69) is 0 Å². The fourth-order valence-electron chi connectivity index (χ4n) is 4.65. The van der Waals surface area contributed by atoms with Crippen molar-refractivity contribution < 1.29 is 42.9 Å². The Bertz CT molecular complexity index is 1010. The van der Waals surface area contributed by atoms with E-state index >= 15 is 0 Å². The molecule has 0 unspecified atom stereocenters. The van der Waals surface area contributed by atoms with Crippen LogP contribution < -0.4 is 14.2 Å². The molecule has 0 aliphatic carbocycles. The Kier molecular flexibility index (Phi) is 9.92. The maximum absolute atomic E-state index is 12.9. The van der Waals surface area contributed by atoms with Gasteiger partial charge in [-0.2, -0.15) is 0 Å². The number of carbonyl (C=O) groups excluding carboxylic acids is 4. The van der Waals surface area contributed by atoms with E-state index in [4.69, 9.17) is 23.7 Å². The molecule has 2 saturated heterocycles. The maximum atomic E-state index is 12.9. The summed E-state index contributed by atoms with van der Waals surface area (Å²) in [6, 6.07) is 3.46. The highest BCUT2D eigenvalue weighted by molar-refractivity contribution is 5.87. The Hall–Kier alpha value is -3.50. The number of hydrogen-bond donors (Lipinski definition) is 0. The first-order valence-electron chi connectivity index (χ1n) is 13.7. The molecule has 11 heteroatoms. The SMILES string of the molecule is COc1cc(OCC(=O)N2CCC[C@@H]2C(=O)OC(C)(C)C)cc(OCC(=O)N2CCC[C@@H]2C(=O)OC(C)(C)C)c1. The van der Waals surface area contributed by atoms with Gasteiger partial charge in [-0.1, -0.05) is 0 Å². The van der Waals surface area contributed by atoms with Crippen molar-refractivity contribution in [3.63, 3.8) is 0 Å². The van der Waals surface area contributed by atoms with Gasteiger partial charge in [-0.15, -0.1) is 0 Å². The molecule has 0 saturated carbocycles. The predicted molar refractivity (Wildman–Crippen MR) is 145 cm³/mol. The zero-order valence-corrected chi connectivity index (χ0v) is 24.6. The van der Waals surface area contributed by atoms with E-state index in [-0.39, 0.29) is 25.0 Å². The monoisotopic (exact) mass is 562 g/mol.